The first-order valence-electron chi connectivity index (χ1n) is 6.34. The average molecular weight is 379 g/mol. The summed E-state index contributed by atoms with van der Waals surface area (Å²) in [5.74, 6) is -0.812. The molecular formula is C14H10ClF3N2O3S. The Morgan fingerprint density at radius 3 is 2.33 bits per heavy atom. The van der Waals surface area contributed by atoms with Crippen LogP contribution in [0.1, 0.15) is 15.9 Å². The van der Waals surface area contributed by atoms with Gasteiger partial charge in [-0.25, -0.2) is 8.42 Å². The molecule has 24 heavy (non-hydrogen) atoms. The van der Waals surface area contributed by atoms with Crippen LogP contribution in [0.2, 0.25) is 5.02 Å². The lowest BCUT2D eigenvalue weighted by atomic mass is 10.2. The van der Waals surface area contributed by atoms with Crippen molar-refractivity contribution in [2.45, 2.75) is 11.1 Å². The highest BCUT2D eigenvalue weighted by atomic mass is 35.5. The minimum atomic E-state index is -4.68. The van der Waals surface area contributed by atoms with Crippen molar-refractivity contribution in [3.63, 3.8) is 0 Å². The van der Waals surface area contributed by atoms with Gasteiger partial charge in [-0.2, -0.15) is 13.2 Å². The highest BCUT2D eigenvalue weighted by Crippen LogP contribution is 2.30. The van der Waals surface area contributed by atoms with Gasteiger partial charge >= 0.3 is 6.18 Å². The first kappa shape index (κ1) is 18.2. The molecule has 0 heterocycles. The van der Waals surface area contributed by atoms with Crippen LogP contribution in [0.25, 0.3) is 0 Å². The maximum Gasteiger partial charge on any atom is 0.416 e. The Bertz CT molecular complexity index is 870. The number of benzene rings is 2. The Morgan fingerprint density at radius 1 is 1.04 bits per heavy atom. The van der Waals surface area contributed by atoms with E-state index in [4.69, 9.17) is 11.6 Å². The summed E-state index contributed by atoms with van der Waals surface area (Å²) in [5, 5.41) is 0.267. The molecule has 0 aliphatic carbocycles. The van der Waals surface area contributed by atoms with Crippen LogP contribution in [0.4, 0.5) is 13.2 Å². The number of nitrogens with one attached hydrogen (secondary N) is 2. The van der Waals surface area contributed by atoms with Crippen LogP contribution in [0.5, 0.6) is 0 Å². The van der Waals surface area contributed by atoms with Gasteiger partial charge in [0.2, 0.25) is 0 Å². The summed E-state index contributed by atoms with van der Waals surface area (Å²) in [4.78, 5) is 12.9. The molecule has 2 aromatic carbocycles. The summed E-state index contributed by atoms with van der Waals surface area (Å²) in [6.07, 6.45) is -4.68. The number of sulfonamides is 1. The Morgan fingerprint density at radius 2 is 1.71 bits per heavy atom. The molecular weight excluding hydrogens is 369 g/mol. The second kappa shape index (κ2) is 6.80. The highest BCUT2D eigenvalue weighted by Gasteiger charge is 2.31. The number of hydrogen-bond donors (Lipinski definition) is 2. The van der Waals surface area contributed by atoms with Crippen molar-refractivity contribution in [1.29, 1.82) is 0 Å². The Hall–Kier alpha value is -2.10. The van der Waals surface area contributed by atoms with Gasteiger partial charge < -0.3 is 0 Å². The van der Waals surface area contributed by atoms with Crippen LogP contribution in [0.15, 0.2) is 53.4 Å². The summed E-state index contributed by atoms with van der Waals surface area (Å²) in [5.41, 5.74) is 0.865. The van der Waals surface area contributed by atoms with Crippen LogP contribution < -0.4 is 10.3 Å². The zero-order valence-corrected chi connectivity index (χ0v) is 13.3. The average Bonchev–Trinajstić information content (AvgIpc) is 2.52. The second-order valence-corrected chi connectivity index (χ2v) is 6.71. The van der Waals surface area contributed by atoms with E-state index in [1.54, 1.807) is 4.83 Å². The molecule has 0 atom stereocenters. The first-order valence-corrected chi connectivity index (χ1v) is 8.21. The molecule has 0 fully saturated rings. The van der Waals surface area contributed by atoms with Gasteiger partial charge in [-0.1, -0.05) is 23.7 Å². The lowest BCUT2D eigenvalue weighted by Gasteiger charge is -2.11. The molecule has 1 amide bonds. The van der Waals surface area contributed by atoms with Crippen LogP contribution >= 0.6 is 11.6 Å². The Kier molecular flexibility index (Phi) is 5.16. The maximum atomic E-state index is 12.6. The summed E-state index contributed by atoms with van der Waals surface area (Å²) < 4.78 is 61.9. The molecule has 2 rings (SSSR count). The van der Waals surface area contributed by atoms with Gasteiger partial charge in [0.05, 0.1) is 10.5 Å². The zero-order valence-electron chi connectivity index (χ0n) is 11.8. The molecule has 0 aliphatic rings. The number of halogens is 4. The molecule has 2 N–H and O–H groups in total. The minimum absolute atomic E-state index is 0.0780. The van der Waals surface area contributed by atoms with Crippen LogP contribution in [-0.2, 0) is 16.2 Å². The van der Waals surface area contributed by atoms with Gasteiger partial charge in [0.1, 0.15) is 0 Å². The topological polar surface area (TPSA) is 75.3 Å². The van der Waals surface area contributed by atoms with Crippen molar-refractivity contribution in [2.75, 3.05) is 0 Å². The van der Waals surface area contributed by atoms with E-state index < -0.39 is 32.6 Å². The van der Waals surface area contributed by atoms with Gasteiger partial charge in [0.15, 0.2) is 0 Å². The number of amides is 1. The van der Waals surface area contributed by atoms with E-state index in [0.717, 1.165) is 18.2 Å². The van der Waals surface area contributed by atoms with Crippen molar-refractivity contribution >= 4 is 27.5 Å². The van der Waals surface area contributed by atoms with Crippen molar-refractivity contribution < 1.29 is 26.4 Å². The number of hydrogen-bond acceptors (Lipinski definition) is 3. The third kappa shape index (κ3) is 4.47. The van der Waals surface area contributed by atoms with Gasteiger partial charge in [-0.3, -0.25) is 10.2 Å². The highest BCUT2D eigenvalue weighted by molar-refractivity contribution is 7.89. The normalized spacial score (nSPS) is 12.0. The van der Waals surface area contributed by atoms with Crippen molar-refractivity contribution in [2.24, 2.45) is 0 Å². The molecule has 0 aliphatic heterocycles. The summed E-state index contributed by atoms with van der Waals surface area (Å²) in [6.45, 7) is 0. The van der Waals surface area contributed by atoms with Crippen molar-refractivity contribution in [3.8, 4) is 0 Å². The third-order valence-corrected chi connectivity index (χ3v) is 4.34. The quantitative estimate of drug-likeness (QED) is 0.803. The molecule has 10 heteroatoms. The first-order chi connectivity index (χ1) is 11.1. The fourth-order valence-electron chi connectivity index (χ4n) is 1.71. The molecule has 128 valence electrons. The fraction of sp³-hybridized carbons (Fsp3) is 0.0714. The third-order valence-electron chi connectivity index (χ3n) is 2.86. The zero-order chi connectivity index (χ0) is 18.0. The lowest BCUT2D eigenvalue weighted by molar-refractivity contribution is -0.137. The van der Waals surface area contributed by atoms with Crippen LogP contribution in [-0.4, -0.2) is 14.3 Å². The minimum Gasteiger partial charge on any atom is -0.273 e. The van der Waals surface area contributed by atoms with Gasteiger partial charge in [-0.05, 0) is 36.4 Å². The van der Waals surface area contributed by atoms with Crippen molar-refractivity contribution in [3.05, 3.63) is 64.7 Å². The van der Waals surface area contributed by atoms with Gasteiger partial charge in [0.25, 0.3) is 15.9 Å². The number of carbonyl (C=O) groups is 1. The van der Waals surface area contributed by atoms with Crippen LogP contribution in [0.3, 0.4) is 0 Å². The molecule has 0 bridgehead atoms. The molecule has 5 nitrogen and oxygen atoms in total. The van der Waals surface area contributed by atoms with Gasteiger partial charge in [0, 0.05) is 10.6 Å². The predicted octanol–water partition coefficient (Wildman–Crippen LogP) is 2.98. The molecule has 0 unspecified atom stereocenters. The second-order valence-electron chi connectivity index (χ2n) is 4.60. The summed E-state index contributed by atoms with van der Waals surface area (Å²) >= 11 is 5.71. The van der Waals surface area contributed by atoms with E-state index in [2.05, 4.69) is 0 Å². The molecule has 0 saturated heterocycles. The number of alkyl halides is 3. The van der Waals surface area contributed by atoms with Gasteiger partial charge in [-0.15, -0.1) is 4.83 Å². The SMILES string of the molecule is O=C(NNS(=O)(=O)c1cccc(C(F)(F)F)c1)c1cccc(Cl)c1. The Labute approximate surface area is 140 Å². The van der Waals surface area contributed by atoms with E-state index in [9.17, 15) is 26.4 Å². The Balaban J connectivity index is 2.16. The number of rotatable bonds is 4. The van der Waals surface area contributed by atoms with Crippen LogP contribution in [0, 0.1) is 0 Å². The predicted molar refractivity (Wildman–Crippen MR) is 80.7 cm³/mol. The monoisotopic (exact) mass is 378 g/mol. The lowest BCUT2D eigenvalue weighted by Crippen LogP contribution is -2.41. The molecule has 0 aromatic heterocycles. The van der Waals surface area contributed by atoms with E-state index in [1.165, 1.54) is 24.3 Å². The van der Waals surface area contributed by atoms with E-state index in [-0.39, 0.29) is 10.6 Å². The molecule has 2 aromatic rings. The molecule has 0 spiro atoms. The fourth-order valence-corrected chi connectivity index (χ4v) is 2.79. The number of carbonyl (C=O) groups excluding carboxylic acids is 1. The standard InChI is InChI=1S/C14H10ClF3N2O3S/c15-11-5-1-3-9(7-11)13(21)19-20-24(22,23)12-6-2-4-10(8-12)14(16,17)18/h1-8,20H,(H,19,21). The maximum absolute atomic E-state index is 12.6. The molecule has 0 saturated carbocycles. The van der Waals surface area contributed by atoms with Crippen molar-refractivity contribution in [1.82, 2.24) is 10.3 Å². The molecule has 0 radical (unpaired) electrons. The summed E-state index contributed by atoms with van der Waals surface area (Å²) in [6, 6.07) is 8.83. The summed E-state index contributed by atoms with van der Waals surface area (Å²) in [7, 11) is -4.37. The van der Waals surface area contributed by atoms with E-state index in [0.29, 0.717) is 6.07 Å². The number of hydrazine groups is 1. The van der Waals surface area contributed by atoms with E-state index >= 15 is 0 Å². The van der Waals surface area contributed by atoms with E-state index in [1.807, 2.05) is 5.43 Å². The largest absolute Gasteiger partial charge is 0.416 e. The smallest absolute Gasteiger partial charge is 0.273 e.